The fourth-order valence-corrected chi connectivity index (χ4v) is 2.13. The van der Waals surface area contributed by atoms with Crippen molar-refractivity contribution in [3.8, 4) is 0 Å². The first-order valence-corrected chi connectivity index (χ1v) is 6.56. The monoisotopic (exact) mass is 269 g/mol. The average molecular weight is 270 g/mol. The number of nitrogens with one attached hydrogen (secondary N) is 1. The van der Waals surface area contributed by atoms with E-state index in [1.165, 1.54) is 29.3 Å². The van der Waals surface area contributed by atoms with E-state index in [4.69, 9.17) is 0 Å². The van der Waals surface area contributed by atoms with Gasteiger partial charge in [0.05, 0.1) is 0 Å². The molecule has 1 rings (SSSR count). The third-order valence-corrected chi connectivity index (χ3v) is 2.96. The van der Waals surface area contributed by atoms with Crippen molar-refractivity contribution < 1.29 is 0 Å². The summed E-state index contributed by atoms with van der Waals surface area (Å²) >= 11 is 3.52. The van der Waals surface area contributed by atoms with Gasteiger partial charge in [-0.1, -0.05) is 48.3 Å². The summed E-state index contributed by atoms with van der Waals surface area (Å²) in [7, 11) is 0. The smallest absolute Gasteiger partial charge is 0.0320 e. The number of hydrogen-bond donors (Lipinski definition) is 1. The Balaban J connectivity index is 2.69. The first-order chi connectivity index (χ1) is 7.27. The molecule has 0 bridgehead atoms. The van der Waals surface area contributed by atoms with Crippen LogP contribution in [0.2, 0.25) is 0 Å². The Bertz CT molecular complexity index is 286. The van der Waals surface area contributed by atoms with E-state index in [0.717, 1.165) is 6.54 Å². The molecule has 0 aliphatic heterocycles. The molecule has 0 radical (unpaired) electrons. The van der Waals surface area contributed by atoms with Gasteiger partial charge in [0.1, 0.15) is 0 Å². The van der Waals surface area contributed by atoms with Crippen LogP contribution in [-0.2, 0) is 0 Å². The van der Waals surface area contributed by atoms with Crippen molar-refractivity contribution in [1.82, 2.24) is 5.32 Å². The summed E-state index contributed by atoms with van der Waals surface area (Å²) in [5, 5.41) is 3.59. The van der Waals surface area contributed by atoms with Crippen LogP contribution < -0.4 is 5.32 Å². The number of benzene rings is 1. The molecule has 84 valence electrons. The maximum absolute atomic E-state index is 3.59. The van der Waals surface area contributed by atoms with Gasteiger partial charge in [0.25, 0.3) is 0 Å². The lowest BCUT2D eigenvalue weighted by molar-refractivity contribution is 0.494. The highest BCUT2D eigenvalue weighted by Crippen LogP contribution is 2.21. The maximum atomic E-state index is 3.59. The number of halogens is 1. The molecule has 1 unspecified atom stereocenters. The summed E-state index contributed by atoms with van der Waals surface area (Å²) in [5.41, 5.74) is 1.39. The predicted octanol–water partition coefficient (Wildman–Crippen LogP) is 4.29. The molecule has 1 nitrogen and oxygen atoms in total. The van der Waals surface area contributed by atoms with E-state index in [9.17, 15) is 0 Å². The highest BCUT2D eigenvalue weighted by atomic mass is 79.9. The average Bonchev–Trinajstić information content (AvgIpc) is 2.24. The zero-order chi connectivity index (χ0) is 11.1. The van der Waals surface area contributed by atoms with Gasteiger partial charge in [-0.2, -0.15) is 0 Å². The third-order valence-electron chi connectivity index (χ3n) is 2.47. The topological polar surface area (TPSA) is 12.0 Å². The van der Waals surface area contributed by atoms with Crippen LogP contribution in [0.1, 0.15) is 44.7 Å². The van der Waals surface area contributed by atoms with Crippen LogP contribution in [0.4, 0.5) is 0 Å². The largest absolute Gasteiger partial charge is 0.310 e. The second-order valence-corrected chi connectivity index (χ2v) is 4.77. The summed E-state index contributed by atoms with van der Waals surface area (Å²) in [6.45, 7) is 5.53. The van der Waals surface area contributed by atoms with Crippen molar-refractivity contribution >= 4 is 15.9 Å². The molecule has 0 spiro atoms. The van der Waals surface area contributed by atoms with Crippen molar-refractivity contribution in [3.05, 3.63) is 34.3 Å². The maximum Gasteiger partial charge on any atom is 0.0320 e. The van der Waals surface area contributed by atoms with Crippen LogP contribution in [0, 0.1) is 0 Å². The van der Waals surface area contributed by atoms with E-state index in [1.54, 1.807) is 0 Å². The first kappa shape index (κ1) is 12.7. The Morgan fingerprint density at radius 3 is 2.67 bits per heavy atom. The van der Waals surface area contributed by atoms with Crippen molar-refractivity contribution in [3.63, 3.8) is 0 Å². The molecule has 1 atom stereocenters. The lowest BCUT2D eigenvalue weighted by atomic mass is 10.0. The van der Waals surface area contributed by atoms with Crippen molar-refractivity contribution in [2.75, 3.05) is 6.54 Å². The van der Waals surface area contributed by atoms with E-state index in [-0.39, 0.29) is 0 Å². The second-order valence-electron chi connectivity index (χ2n) is 3.85. The Morgan fingerprint density at radius 2 is 2.07 bits per heavy atom. The van der Waals surface area contributed by atoms with E-state index in [0.29, 0.717) is 6.04 Å². The van der Waals surface area contributed by atoms with Crippen LogP contribution in [0.25, 0.3) is 0 Å². The zero-order valence-corrected chi connectivity index (χ0v) is 11.2. The molecule has 0 amide bonds. The van der Waals surface area contributed by atoms with Gasteiger partial charge in [0.2, 0.25) is 0 Å². The van der Waals surface area contributed by atoms with Gasteiger partial charge in [-0.05, 0) is 37.1 Å². The van der Waals surface area contributed by atoms with Gasteiger partial charge in [0, 0.05) is 10.5 Å². The van der Waals surface area contributed by atoms with Crippen LogP contribution in [0.3, 0.4) is 0 Å². The summed E-state index contributed by atoms with van der Waals surface area (Å²) in [6, 6.07) is 9.10. The summed E-state index contributed by atoms with van der Waals surface area (Å²) < 4.78 is 1.17. The van der Waals surface area contributed by atoms with Gasteiger partial charge in [-0.3, -0.25) is 0 Å². The molecule has 0 fully saturated rings. The normalized spacial score (nSPS) is 12.7. The zero-order valence-electron chi connectivity index (χ0n) is 9.59. The lowest BCUT2D eigenvalue weighted by Gasteiger charge is -2.18. The Morgan fingerprint density at radius 1 is 1.27 bits per heavy atom. The highest BCUT2D eigenvalue weighted by Gasteiger charge is 2.08. The molecule has 0 heterocycles. The SMILES string of the molecule is CCCNC(CCC)c1cccc(Br)c1. The lowest BCUT2D eigenvalue weighted by Crippen LogP contribution is -2.21. The first-order valence-electron chi connectivity index (χ1n) is 5.76. The van der Waals surface area contributed by atoms with Gasteiger partial charge < -0.3 is 5.32 Å². The summed E-state index contributed by atoms with van der Waals surface area (Å²) in [6.07, 6.45) is 3.61. The summed E-state index contributed by atoms with van der Waals surface area (Å²) in [5.74, 6) is 0. The van der Waals surface area contributed by atoms with E-state index in [1.807, 2.05) is 0 Å². The number of rotatable bonds is 6. The van der Waals surface area contributed by atoms with Crippen LogP contribution >= 0.6 is 15.9 Å². The van der Waals surface area contributed by atoms with Gasteiger partial charge in [-0.15, -0.1) is 0 Å². The summed E-state index contributed by atoms with van der Waals surface area (Å²) in [4.78, 5) is 0. The van der Waals surface area contributed by atoms with Gasteiger partial charge >= 0.3 is 0 Å². The minimum Gasteiger partial charge on any atom is -0.310 e. The molecule has 0 saturated carbocycles. The fraction of sp³-hybridized carbons (Fsp3) is 0.538. The second kappa shape index (κ2) is 7.02. The molecular weight excluding hydrogens is 250 g/mol. The Kier molecular flexibility index (Phi) is 5.96. The molecular formula is C13H20BrN. The van der Waals surface area contributed by atoms with E-state index < -0.39 is 0 Å². The van der Waals surface area contributed by atoms with Crippen LogP contribution in [-0.4, -0.2) is 6.54 Å². The quantitative estimate of drug-likeness (QED) is 0.813. The van der Waals surface area contributed by atoms with Crippen LogP contribution in [0.5, 0.6) is 0 Å². The van der Waals surface area contributed by atoms with Gasteiger partial charge in [-0.25, -0.2) is 0 Å². The predicted molar refractivity (Wildman–Crippen MR) is 70.1 cm³/mol. The third kappa shape index (κ3) is 4.35. The fourth-order valence-electron chi connectivity index (χ4n) is 1.72. The van der Waals surface area contributed by atoms with E-state index >= 15 is 0 Å². The highest BCUT2D eigenvalue weighted by molar-refractivity contribution is 9.10. The van der Waals surface area contributed by atoms with Crippen molar-refractivity contribution in [2.24, 2.45) is 0 Å². The van der Waals surface area contributed by atoms with Crippen molar-refractivity contribution in [2.45, 2.75) is 39.2 Å². The molecule has 0 aromatic heterocycles. The minimum atomic E-state index is 0.507. The molecule has 0 aliphatic carbocycles. The van der Waals surface area contributed by atoms with Crippen LogP contribution in [0.15, 0.2) is 28.7 Å². The molecule has 1 N–H and O–H groups in total. The Labute approximate surface area is 101 Å². The molecule has 0 saturated heterocycles. The standard InChI is InChI=1S/C13H20BrN/c1-3-6-13(15-9-4-2)11-7-5-8-12(14)10-11/h5,7-8,10,13,15H,3-4,6,9H2,1-2H3. The molecule has 2 heteroatoms. The minimum absolute atomic E-state index is 0.507. The molecule has 0 aliphatic rings. The molecule has 1 aromatic carbocycles. The van der Waals surface area contributed by atoms with Crippen molar-refractivity contribution in [1.29, 1.82) is 0 Å². The Hall–Kier alpha value is -0.340. The molecule has 1 aromatic rings. The number of hydrogen-bond acceptors (Lipinski definition) is 1. The molecule has 15 heavy (non-hydrogen) atoms. The van der Waals surface area contributed by atoms with E-state index in [2.05, 4.69) is 59.4 Å². The van der Waals surface area contributed by atoms with Gasteiger partial charge in [0.15, 0.2) is 0 Å².